The van der Waals surface area contributed by atoms with Crippen LogP contribution in [0, 0.1) is 13.8 Å². The first kappa shape index (κ1) is 23.8. The van der Waals surface area contributed by atoms with Crippen molar-refractivity contribution in [2.75, 3.05) is 18.5 Å². The van der Waals surface area contributed by atoms with Gasteiger partial charge in [0.2, 0.25) is 0 Å². The lowest BCUT2D eigenvalue weighted by atomic mass is 9.89. The van der Waals surface area contributed by atoms with E-state index in [1.54, 1.807) is 12.1 Å². The summed E-state index contributed by atoms with van der Waals surface area (Å²) in [4.78, 5) is 11.5. The number of fused-ring (bicyclic) bond motifs is 1. The van der Waals surface area contributed by atoms with Gasteiger partial charge in [-0.15, -0.1) is 12.4 Å². The molecule has 0 aromatic heterocycles. The first-order valence-corrected chi connectivity index (χ1v) is 9.57. The molecule has 3 rings (SSSR count). The fourth-order valence-electron chi connectivity index (χ4n) is 3.70. The number of benzene rings is 2. The van der Waals surface area contributed by atoms with Crippen LogP contribution in [0.3, 0.4) is 0 Å². The molecule has 1 aliphatic rings. The Hall–Kier alpha value is -2.48. The topological polar surface area (TPSA) is 111 Å². The number of aryl methyl sites for hydroxylation is 2. The minimum atomic E-state index is -0.938. The molecule has 0 spiro atoms. The summed E-state index contributed by atoms with van der Waals surface area (Å²) in [5, 5.41) is 36.5. The molecule has 0 saturated heterocycles. The fraction of sp³-hybridized carbons (Fsp3) is 0.409. The maximum atomic E-state index is 11.5. The smallest absolute Gasteiger partial charge is 0.262 e. The third-order valence-corrected chi connectivity index (χ3v) is 5.16. The van der Waals surface area contributed by atoms with E-state index in [0.717, 1.165) is 16.7 Å². The predicted molar refractivity (Wildman–Crippen MR) is 118 cm³/mol. The van der Waals surface area contributed by atoms with E-state index in [-0.39, 0.29) is 48.5 Å². The summed E-state index contributed by atoms with van der Waals surface area (Å²) in [6.45, 7) is 8.13. The Morgan fingerprint density at radius 2 is 1.73 bits per heavy atom. The average molecular weight is 437 g/mol. The van der Waals surface area contributed by atoms with Crippen molar-refractivity contribution in [2.45, 2.75) is 45.8 Å². The van der Waals surface area contributed by atoms with E-state index in [1.165, 1.54) is 12.1 Å². The highest BCUT2D eigenvalue weighted by Gasteiger charge is 2.26. The van der Waals surface area contributed by atoms with Gasteiger partial charge in [0.05, 0.1) is 11.8 Å². The second-order valence-corrected chi connectivity index (χ2v) is 8.26. The second kappa shape index (κ2) is 9.12. The van der Waals surface area contributed by atoms with Crippen LogP contribution in [0.4, 0.5) is 5.69 Å². The number of ether oxygens (including phenoxy) is 1. The Kier molecular flexibility index (Phi) is 7.23. The molecule has 2 aromatic rings. The van der Waals surface area contributed by atoms with Crippen molar-refractivity contribution in [1.82, 2.24) is 5.32 Å². The Labute approximate surface area is 182 Å². The molecule has 0 radical (unpaired) electrons. The van der Waals surface area contributed by atoms with Crippen molar-refractivity contribution in [3.63, 3.8) is 0 Å². The number of amides is 1. The number of carbonyl (C=O) groups excluding carboxylic acids is 1. The molecule has 164 valence electrons. The number of anilines is 1. The van der Waals surface area contributed by atoms with E-state index in [4.69, 9.17) is 4.74 Å². The standard InChI is InChI=1S/C22H28N2O5.ClH/c1-12-5-14(25)6-13(2)17(12)9-22(3,4)23-10-19(27)16-7-15(26)8-18-21(16)29-11-20(28)24-18;/h5-8,19,23,25-27H,9-11H2,1-4H3,(H,24,28);1H. The van der Waals surface area contributed by atoms with Crippen molar-refractivity contribution in [3.05, 3.63) is 46.5 Å². The first-order valence-electron chi connectivity index (χ1n) is 9.57. The van der Waals surface area contributed by atoms with Crippen molar-refractivity contribution in [2.24, 2.45) is 0 Å². The van der Waals surface area contributed by atoms with Gasteiger partial charge >= 0.3 is 0 Å². The molecule has 0 aliphatic carbocycles. The number of β-amino-alcohol motifs (C(OH)–C–C–N with tert-alkyl or cyclic N) is 1. The SMILES string of the molecule is Cc1cc(O)cc(C)c1CC(C)(C)NCC(O)c1cc(O)cc2c1OCC(=O)N2.Cl. The van der Waals surface area contributed by atoms with Gasteiger partial charge < -0.3 is 30.7 Å². The van der Waals surface area contributed by atoms with Crippen molar-refractivity contribution >= 4 is 24.0 Å². The second-order valence-electron chi connectivity index (χ2n) is 8.26. The fourth-order valence-corrected chi connectivity index (χ4v) is 3.70. The predicted octanol–water partition coefficient (Wildman–Crippen LogP) is 3.11. The summed E-state index contributed by atoms with van der Waals surface area (Å²) in [6.07, 6.45) is -0.227. The summed E-state index contributed by atoms with van der Waals surface area (Å²) in [5.41, 5.74) is 3.62. The van der Waals surface area contributed by atoms with Crippen LogP contribution < -0.4 is 15.4 Å². The van der Waals surface area contributed by atoms with Gasteiger partial charge in [-0.2, -0.15) is 0 Å². The molecule has 30 heavy (non-hydrogen) atoms. The molecule has 1 unspecified atom stereocenters. The number of rotatable bonds is 6. The zero-order chi connectivity index (χ0) is 21.3. The van der Waals surface area contributed by atoms with E-state index in [9.17, 15) is 20.1 Å². The number of halogens is 1. The third kappa shape index (κ3) is 5.36. The molecule has 1 amide bonds. The van der Waals surface area contributed by atoms with Crippen LogP contribution in [0.1, 0.15) is 42.2 Å². The van der Waals surface area contributed by atoms with E-state index >= 15 is 0 Å². The van der Waals surface area contributed by atoms with Gasteiger partial charge in [0.15, 0.2) is 6.61 Å². The number of hydrogen-bond donors (Lipinski definition) is 5. The largest absolute Gasteiger partial charge is 0.508 e. The molecule has 0 fully saturated rings. The maximum Gasteiger partial charge on any atom is 0.262 e. The van der Waals surface area contributed by atoms with Crippen molar-refractivity contribution in [1.29, 1.82) is 0 Å². The normalized spacial score (nSPS) is 14.2. The molecule has 7 nitrogen and oxygen atoms in total. The van der Waals surface area contributed by atoms with E-state index in [2.05, 4.69) is 10.6 Å². The average Bonchev–Trinajstić information content (AvgIpc) is 2.61. The van der Waals surface area contributed by atoms with Gasteiger partial charge in [-0.3, -0.25) is 4.79 Å². The Balaban J connectivity index is 0.00000320. The molecule has 8 heteroatoms. The maximum absolute atomic E-state index is 11.5. The number of hydrogen-bond acceptors (Lipinski definition) is 6. The number of nitrogens with one attached hydrogen (secondary N) is 2. The number of aliphatic hydroxyl groups excluding tert-OH is 1. The summed E-state index contributed by atoms with van der Waals surface area (Å²) >= 11 is 0. The van der Waals surface area contributed by atoms with Gasteiger partial charge in [0.25, 0.3) is 5.91 Å². The lowest BCUT2D eigenvalue weighted by molar-refractivity contribution is -0.118. The number of phenols is 2. The third-order valence-electron chi connectivity index (χ3n) is 5.16. The summed E-state index contributed by atoms with van der Waals surface area (Å²) in [6, 6.07) is 6.34. The quantitative estimate of drug-likeness (QED) is 0.476. The summed E-state index contributed by atoms with van der Waals surface area (Å²) in [7, 11) is 0. The number of aliphatic hydroxyl groups is 1. The summed E-state index contributed by atoms with van der Waals surface area (Å²) < 4.78 is 5.48. The molecule has 0 bridgehead atoms. The van der Waals surface area contributed by atoms with E-state index in [1.807, 2.05) is 27.7 Å². The lowest BCUT2D eigenvalue weighted by Crippen LogP contribution is -2.43. The molecule has 1 atom stereocenters. The Morgan fingerprint density at radius 1 is 1.13 bits per heavy atom. The van der Waals surface area contributed by atoms with Crippen LogP contribution in [0.2, 0.25) is 0 Å². The zero-order valence-electron chi connectivity index (χ0n) is 17.6. The van der Waals surface area contributed by atoms with Gasteiger partial charge in [-0.05, 0) is 69.0 Å². The highest BCUT2D eigenvalue weighted by molar-refractivity contribution is 5.96. The van der Waals surface area contributed by atoms with Crippen LogP contribution >= 0.6 is 12.4 Å². The monoisotopic (exact) mass is 436 g/mol. The van der Waals surface area contributed by atoms with Gasteiger partial charge in [0.1, 0.15) is 17.2 Å². The Bertz CT molecular complexity index is 922. The Morgan fingerprint density at radius 3 is 2.37 bits per heavy atom. The highest BCUT2D eigenvalue weighted by Crippen LogP contribution is 2.38. The molecule has 0 saturated carbocycles. The van der Waals surface area contributed by atoms with E-state index in [0.29, 0.717) is 23.4 Å². The van der Waals surface area contributed by atoms with Gasteiger partial charge in [-0.1, -0.05) is 0 Å². The molecular formula is C22H29ClN2O5. The van der Waals surface area contributed by atoms with Crippen LogP contribution in [0.15, 0.2) is 24.3 Å². The zero-order valence-corrected chi connectivity index (χ0v) is 18.4. The van der Waals surface area contributed by atoms with Crippen LogP contribution in [-0.2, 0) is 11.2 Å². The van der Waals surface area contributed by atoms with Crippen LogP contribution in [0.5, 0.6) is 17.2 Å². The molecule has 5 N–H and O–H groups in total. The summed E-state index contributed by atoms with van der Waals surface area (Å²) in [5.74, 6) is 0.269. The number of carbonyl (C=O) groups is 1. The molecular weight excluding hydrogens is 408 g/mol. The highest BCUT2D eigenvalue weighted by atomic mass is 35.5. The van der Waals surface area contributed by atoms with E-state index < -0.39 is 6.10 Å². The van der Waals surface area contributed by atoms with Crippen molar-refractivity contribution in [3.8, 4) is 17.2 Å². The van der Waals surface area contributed by atoms with Gasteiger partial charge in [-0.25, -0.2) is 0 Å². The minimum Gasteiger partial charge on any atom is -0.508 e. The van der Waals surface area contributed by atoms with Crippen LogP contribution in [-0.4, -0.2) is 39.9 Å². The van der Waals surface area contributed by atoms with Crippen LogP contribution in [0.25, 0.3) is 0 Å². The van der Waals surface area contributed by atoms with Gasteiger partial charge in [0, 0.05) is 23.7 Å². The minimum absolute atomic E-state index is 0. The molecule has 1 heterocycles. The number of phenolic OH excluding ortho intramolecular Hbond substituents is 2. The lowest BCUT2D eigenvalue weighted by Gasteiger charge is -2.30. The first-order chi connectivity index (χ1) is 13.6. The number of aromatic hydroxyl groups is 2. The molecule has 1 aliphatic heterocycles. The van der Waals surface area contributed by atoms with Crippen molar-refractivity contribution < 1.29 is 24.9 Å². The molecule has 2 aromatic carbocycles.